The molecule has 0 heterocycles. The molecule has 21 heavy (non-hydrogen) atoms. The molecule has 114 valence electrons. The van der Waals surface area contributed by atoms with Gasteiger partial charge in [0.15, 0.2) is 0 Å². The van der Waals surface area contributed by atoms with E-state index >= 15 is 0 Å². The van der Waals surface area contributed by atoms with E-state index in [0.717, 1.165) is 5.56 Å². The molecule has 0 aliphatic carbocycles. The number of phenols is 1. The van der Waals surface area contributed by atoms with Crippen molar-refractivity contribution < 1.29 is 14.2 Å². The van der Waals surface area contributed by atoms with Gasteiger partial charge in [0.25, 0.3) is 0 Å². The number of phenolic OH excluding ortho intramolecular Hbond substituents is 1. The maximum absolute atomic E-state index is 12.3. The molecule has 0 unspecified atom stereocenters. The van der Waals surface area contributed by atoms with Crippen molar-refractivity contribution in [3.8, 4) is 11.5 Å². The Bertz CT molecular complexity index is 551. The molecule has 0 saturated carbocycles. The zero-order valence-electron chi connectivity index (χ0n) is 11.5. The SMILES string of the molecule is Cl.N[C@@H](CCF)c1ccc(OCc2ccccc2)cc1O. The maximum atomic E-state index is 12.3. The van der Waals surface area contributed by atoms with Gasteiger partial charge in [-0.05, 0) is 18.1 Å². The molecular formula is C16H19ClFNO2. The quantitative estimate of drug-likeness (QED) is 0.854. The Balaban J connectivity index is 0.00000220. The molecular weight excluding hydrogens is 293 g/mol. The lowest BCUT2D eigenvalue weighted by Crippen LogP contribution is -2.11. The Hall–Kier alpha value is -1.78. The van der Waals surface area contributed by atoms with Crippen LogP contribution in [-0.4, -0.2) is 11.8 Å². The predicted octanol–water partition coefficient (Wildman–Crippen LogP) is 3.75. The Kier molecular flexibility index (Phi) is 6.99. The molecule has 1 atom stereocenters. The summed E-state index contributed by atoms with van der Waals surface area (Å²) >= 11 is 0. The normalized spacial score (nSPS) is 11.5. The van der Waals surface area contributed by atoms with Crippen molar-refractivity contribution >= 4 is 12.4 Å². The number of nitrogens with two attached hydrogens (primary N) is 1. The standard InChI is InChI=1S/C16H18FNO2.ClH/c17-9-8-15(18)14-7-6-13(10-16(14)19)20-11-12-4-2-1-3-5-12;/h1-7,10,15,19H,8-9,11,18H2;1H/t15-;/m0./s1. The number of rotatable bonds is 6. The summed E-state index contributed by atoms with van der Waals surface area (Å²) in [5, 5.41) is 9.90. The highest BCUT2D eigenvalue weighted by atomic mass is 35.5. The van der Waals surface area contributed by atoms with Gasteiger partial charge in [-0.1, -0.05) is 36.4 Å². The number of benzene rings is 2. The van der Waals surface area contributed by atoms with Gasteiger partial charge in [-0.15, -0.1) is 12.4 Å². The number of ether oxygens (including phenoxy) is 1. The summed E-state index contributed by atoms with van der Waals surface area (Å²) in [7, 11) is 0. The van der Waals surface area contributed by atoms with E-state index in [1.165, 1.54) is 6.07 Å². The summed E-state index contributed by atoms with van der Waals surface area (Å²) in [5.74, 6) is 0.596. The number of aromatic hydroxyl groups is 1. The van der Waals surface area contributed by atoms with Crippen molar-refractivity contribution in [2.45, 2.75) is 19.1 Å². The monoisotopic (exact) mass is 311 g/mol. The fourth-order valence-corrected chi connectivity index (χ4v) is 1.94. The molecule has 0 aliphatic heterocycles. The van der Waals surface area contributed by atoms with Crippen LogP contribution in [-0.2, 0) is 6.61 Å². The average Bonchev–Trinajstić information content (AvgIpc) is 2.46. The predicted molar refractivity (Wildman–Crippen MR) is 83.6 cm³/mol. The van der Waals surface area contributed by atoms with Crippen molar-refractivity contribution in [1.82, 2.24) is 0 Å². The van der Waals surface area contributed by atoms with E-state index in [4.69, 9.17) is 10.5 Å². The molecule has 0 amide bonds. The Morgan fingerprint density at radius 3 is 2.48 bits per heavy atom. The lowest BCUT2D eigenvalue weighted by atomic mass is 10.0. The van der Waals surface area contributed by atoms with Gasteiger partial charge in [0.05, 0.1) is 6.67 Å². The summed E-state index contributed by atoms with van der Waals surface area (Å²) in [6.45, 7) is -0.0803. The van der Waals surface area contributed by atoms with Crippen LogP contribution in [0.1, 0.15) is 23.6 Å². The third kappa shape index (κ3) is 4.92. The van der Waals surface area contributed by atoms with E-state index in [2.05, 4.69) is 0 Å². The molecule has 3 nitrogen and oxygen atoms in total. The van der Waals surface area contributed by atoms with Crippen LogP contribution in [0.15, 0.2) is 48.5 Å². The second-order valence-corrected chi connectivity index (χ2v) is 4.58. The number of halogens is 2. The zero-order valence-corrected chi connectivity index (χ0v) is 12.4. The minimum atomic E-state index is -0.507. The molecule has 5 heteroatoms. The van der Waals surface area contributed by atoms with Crippen molar-refractivity contribution in [3.05, 3.63) is 59.7 Å². The van der Waals surface area contributed by atoms with E-state index < -0.39 is 12.7 Å². The first-order valence-electron chi connectivity index (χ1n) is 6.52. The third-order valence-corrected chi connectivity index (χ3v) is 3.07. The van der Waals surface area contributed by atoms with Crippen LogP contribution < -0.4 is 10.5 Å². The summed E-state index contributed by atoms with van der Waals surface area (Å²) in [5.41, 5.74) is 7.36. The van der Waals surface area contributed by atoms with Gasteiger partial charge < -0.3 is 15.6 Å². The molecule has 2 aromatic rings. The van der Waals surface area contributed by atoms with E-state index in [0.29, 0.717) is 17.9 Å². The largest absolute Gasteiger partial charge is 0.507 e. The van der Waals surface area contributed by atoms with Crippen molar-refractivity contribution in [2.24, 2.45) is 5.73 Å². The second kappa shape index (κ2) is 8.49. The summed E-state index contributed by atoms with van der Waals surface area (Å²) < 4.78 is 17.9. The smallest absolute Gasteiger partial charge is 0.124 e. The molecule has 3 N–H and O–H groups in total. The van der Waals surface area contributed by atoms with Gasteiger partial charge in [-0.3, -0.25) is 4.39 Å². The molecule has 2 rings (SSSR count). The van der Waals surface area contributed by atoms with Gasteiger partial charge in [0, 0.05) is 17.7 Å². The third-order valence-electron chi connectivity index (χ3n) is 3.07. The number of hydrogen-bond acceptors (Lipinski definition) is 3. The minimum Gasteiger partial charge on any atom is -0.507 e. The van der Waals surface area contributed by atoms with Crippen LogP contribution in [0.25, 0.3) is 0 Å². The molecule has 2 aromatic carbocycles. The lowest BCUT2D eigenvalue weighted by molar-refractivity contribution is 0.304. The van der Waals surface area contributed by atoms with Crippen molar-refractivity contribution in [1.29, 1.82) is 0 Å². The first-order valence-corrected chi connectivity index (χ1v) is 6.52. The lowest BCUT2D eigenvalue weighted by Gasteiger charge is -2.13. The Morgan fingerprint density at radius 2 is 1.86 bits per heavy atom. The first kappa shape index (κ1) is 17.3. The fourth-order valence-electron chi connectivity index (χ4n) is 1.94. The summed E-state index contributed by atoms with van der Waals surface area (Å²) in [6.07, 6.45) is 0.192. The van der Waals surface area contributed by atoms with Crippen LogP contribution >= 0.6 is 12.4 Å². The Labute approximate surface area is 130 Å². The van der Waals surface area contributed by atoms with Crippen LogP contribution in [0, 0.1) is 0 Å². The van der Waals surface area contributed by atoms with Crippen LogP contribution in [0.3, 0.4) is 0 Å². The van der Waals surface area contributed by atoms with Crippen LogP contribution in [0.2, 0.25) is 0 Å². The van der Waals surface area contributed by atoms with Gasteiger partial charge in [0.1, 0.15) is 18.1 Å². The highest BCUT2D eigenvalue weighted by Gasteiger charge is 2.11. The molecule has 0 aliphatic rings. The maximum Gasteiger partial charge on any atom is 0.124 e. The minimum absolute atomic E-state index is 0. The van der Waals surface area contributed by atoms with Crippen LogP contribution in [0.5, 0.6) is 11.5 Å². The second-order valence-electron chi connectivity index (χ2n) is 4.58. The topological polar surface area (TPSA) is 55.5 Å². The summed E-state index contributed by atoms with van der Waals surface area (Å²) in [4.78, 5) is 0. The number of alkyl halides is 1. The van der Waals surface area contributed by atoms with Crippen molar-refractivity contribution in [2.75, 3.05) is 6.67 Å². The van der Waals surface area contributed by atoms with Crippen LogP contribution in [0.4, 0.5) is 4.39 Å². The zero-order chi connectivity index (χ0) is 14.4. The fraction of sp³-hybridized carbons (Fsp3) is 0.250. The van der Waals surface area contributed by atoms with Gasteiger partial charge in [-0.2, -0.15) is 0 Å². The summed E-state index contributed by atoms with van der Waals surface area (Å²) in [6, 6.07) is 14.2. The first-order chi connectivity index (χ1) is 9.70. The van der Waals surface area contributed by atoms with Gasteiger partial charge in [-0.25, -0.2) is 0 Å². The molecule has 0 aromatic heterocycles. The van der Waals surface area contributed by atoms with E-state index in [1.807, 2.05) is 30.3 Å². The molecule has 0 radical (unpaired) electrons. The van der Waals surface area contributed by atoms with E-state index in [-0.39, 0.29) is 24.6 Å². The van der Waals surface area contributed by atoms with E-state index in [1.54, 1.807) is 12.1 Å². The Morgan fingerprint density at radius 1 is 1.14 bits per heavy atom. The molecule has 0 saturated heterocycles. The molecule has 0 spiro atoms. The molecule has 0 fully saturated rings. The highest BCUT2D eigenvalue weighted by molar-refractivity contribution is 5.85. The van der Waals surface area contributed by atoms with E-state index in [9.17, 15) is 9.50 Å². The van der Waals surface area contributed by atoms with Gasteiger partial charge >= 0.3 is 0 Å². The number of hydrogen-bond donors (Lipinski definition) is 2. The van der Waals surface area contributed by atoms with Crippen molar-refractivity contribution in [3.63, 3.8) is 0 Å². The molecule has 0 bridgehead atoms. The van der Waals surface area contributed by atoms with Gasteiger partial charge in [0.2, 0.25) is 0 Å². The highest BCUT2D eigenvalue weighted by Crippen LogP contribution is 2.29. The average molecular weight is 312 g/mol.